The second-order valence-corrected chi connectivity index (χ2v) is 4.46. The summed E-state index contributed by atoms with van der Waals surface area (Å²) in [5, 5.41) is 2.30. The van der Waals surface area contributed by atoms with E-state index >= 15 is 0 Å². The Kier molecular flexibility index (Phi) is 4.10. The first-order valence-electron chi connectivity index (χ1n) is 6.06. The van der Waals surface area contributed by atoms with Crippen LogP contribution in [-0.2, 0) is 4.79 Å². The number of benzene rings is 2. The Hall–Kier alpha value is -2.27. The minimum absolute atomic E-state index is 0.174. The molecule has 1 amide bonds. The topological polar surface area (TPSA) is 55.1 Å². The van der Waals surface area contributed by atoms with E-state index in [1.165, 1.54) is 6.92 Å². The van der Waals surface area contributed by atoms with Crippen molar-refractivity contribution in [2.45, 2.75) is 13.0 Å². The highest BCUT2D eigenvalue weighted by molar-refractivity contribution is 5.95. The van der Waals surface area contributed by atoms with Crippen LogP contribution in [0.5, 0.6) is 0 Å². The zero-order valence-electron chi connectivity index (χ0n) is 10.9. The second-order valence-electron chi connectivity index (χ2n) is 4.46. The number of carbonyl (C=O) groups is 1. The molecule has 0 radical (unpaired) electrons. The second kappa shape index (κ2) is 5.79. The van der Waals surface area contributed by atoms with Crippen molar-refractivity contribution in [3.8, 4) is 0 Å². The van der Waals surface area contributed by atoms with Gasteiger partial charge >= 0.3 is 0 Å². The molecule has 0 aliphatic carbocycles. The molecule has 2 rings (SSSR count). The van der Waals surface area contributed by atoms with Crippen molar-refractivity contribution in [2.75, 3.05) is 5.32 Å². The minimum Gasteiger partial charge on any atom is -0.322 e. The van der Waals surface area contributed by atoms with E-state index in [0.29, 0.717) is 5.56 Å². The van der Waals surface area contributed by atoms with Crippen LogP contribution in [0.2, 0.25) is 0 Å². The van der Waals surface area contributed by atoms with Crippen LogP contribution in [0.15, 0.2) is 42.5 Å². The monoisotopic (exact) mass is 276 g/mol. The number of nitrogens with one attached hydrogen (secondary N) is 1. The van der Waals surface area contributed by atoms with Crippen molar-refractivity contribution >= 4 is 11.6 Å². The van der Waals surface area contributed by atoms with Gasteiger partial charge in [-0.2, -0.15) is 0 Å². The molecule has 0 bridgehead atoms. The molecule has 5 heteroatoms. The standard InChI is InChI=1S/C15H14F2N2O/c1-9-7-12(17)13(8-11(9)16)19-15(20)14(18)10-5-3-2-4-6-10/h2-8,14H,18H2,1H3,(H,19,20)/t14-/m0/s1. The molecule has 0 spiro atoms. The van der Waals surface area contributed by atoms with Gasteiger partial charge in [-0.15, -0.1) is 0 Å². The van der Waals surface area contributed by atoms with Crippen molar-refractivity contribution in [3.63, 3.8) is 0 Å². The zero-order valence-corrected chi connectivity index (χ0v) is 10.9. The maximum atomic E-state index is 13.6. The predicted molar refractivity (Wildman–Crippen MR) is 73.1 cm³/mol. The molecule has 0 heterocycles. The van der Waals surface area contributed by atoms with Gasteiger partial charge in [-0.1, -0.05) is 30.3 Å². The summed E-state index contributed by atoms with van der Waals surface area (Å²) < 4.78 is 27.0. The average molecular weight is 276 g/mol. The number of carbonyl (C=O) groups excluding carboxylic acids is 1. The Balaban J connectivity index is 2.18. The van der Waals surface area contributed by atoms with E-state index in [9.17, 15) is 13.6 Å². The van der Waals surface area contributed by atoms with E-state index in [-0.39, 0.29) is 11.3 Å². The lowest BCUT2D eigenvalue weighted by molar-refractivity contribution is -0.117. The molecule has 3 N–H and O–H groups in total. The molecule has 0 saturated heterocycles. The SMILES string of the molecule is Cc1cc(F)c(NC(=O)[C@@H](N)c2ccccc2)cc1F. The molecule has 2 aromatic rings. The van der Waals surface area contributed by atoms with Gasteiger partial charge in [0.25, 0.3) is 0 Å². The maximum absolute atomic E-state index is 13.6. The van der Waals surface area contributed by atoms with Gasteiger partial charge in [0.2, 0.25) is 5.91 Å². The highest BCUT2D eigenvalue weighted by Gasteiger charge is 2.17. The van der Waals surface area contributed by atoms with Gasteiger partial charge in [0.05, 0.1) is 5.69 Å². The van der Waals surface area contributed by atoms with Gasteiger partial charge in [0.1, 0.15) is 17.7 Å². The van der Waals surface area contributed by atoms with Crippen LogP contribution in [0.4, 0.5) is 14.5 Å². The van der Waals surface area contributed by atoms with Crippen LogP contribution >= 0.6 is 0 Å². The number of nitrogens with two attached hydrogens (primary N) is 1. The molecule has 0 unspecified atom stereocenters. The molecule has 3 nitrogen and oxygen atoms in total. The first kappa shape index (κ1) is 14.1. The summed E-state index contributed by atoms with van der Waals surface area (Å²) in [6, 6.07) is 9.69. The van der Waals surface area contributed by atoms with Crippen LogP contribution in [0, 0.1) is 18.6 Å². The number of hydrogen-bond acceptors (Lipinski definition) is 2. The van der Waals surface area contributed by atoms with E-state index in [2.05, 4.69) is 5.32 Å². The number of rotatable bonds is 3. The fraction of sp³-hybridized carbons (Fsp3) is 0.133. The number of anilines is 1. The summed E-state index contributed by atoms with van der Waals surface area (Å²) in [6.07, 6.45) is 0. The van der Waals surface area contributed by atoms with Gasteiger partial charge in [-0.3, -0.25) is 4.79 Å². The van der Waals surface area contributed by atoms with E-state index in [0.717, 1.165) is 12.1 Å². The third kappa shape index (κ3) is 3.00. The molecule has 2 aromatic carbocycles. The molecular formula is C15H14F2N2O. The molecule has 0 aliphatic heterocycles. The van der Waals surface area contributed by atoms with Crippen molar-refractivity contribution in [2.24, 2.45) is 5.73 Å². The quantitative estimate of drug-likeness (QED) is 0.905. The summed E-state index contributed by atoms with van der Waals surface area (Å²) in [5.41, 5.74) is 6.33. The largest absolute Gasteiger partial charge is 0.322 e. The lowest BCUT2D eigenvalue weighted by Gasteiger charge is -2.13. The Morgan fingerprint density at radius 2 is 1.80 bits per heavy atom. The molecular weight excluding hydrogens is 262 g/mol. The van der Waals surface area contributed by atoms with Crippen LogP contribution in [0.25, 0.3) is 0 Å². The lowest BCUT2D eigenvalue weighted by Crippen LogP contribution is -2.28. The number of aryl methyl sites for hydroxylation is 1. The van der Waals surface area contributed by atoms with Gasteiger partial charge in [0, 0.05) is 6.07 Å². The van der Waals surface area contributed by atoms with Gasteiger partial charge in [-0.25, -0.2) is 8.78 Å². The fourth-order valence-electron chi connectivity index (χ4n) is 1.76. The number of amides is 1. The molecule has 20 heavy (non-hydrogen) atoms. The van der Waals surface area contributed by atoms with Crippen LogP contribution < -0.4 is 11.1 Å². The number of hydrogen-bond donors (Lipinski definition) is 2. The Bertz CT molecular complexity index is 629. The third-order valence-electron chi connectivity index (χ3n) is 2.95. The average Bonchev–Trinajstić information content (AvgIpc) is 2.44. The molecule has 0 aromatic heterocycles. The first-order chi connectivity index (χ1) is 9.49. The normalized spacial score (nSPS) is 12.0. The molecule has 0 saturated carbocycles. The Labute approximate surface area is 115 Å². The summed E-state index contributed by atoms with van der Waals surface area (Å²) in [5.74, 6) is -1.88. The van der Waals surface area contributed by atoms with E-state index in [1.54, 1.807) is 30.3 Å². The highest BCUT2D eigenvalue weighted by Crippen LogP contribution is 2.20. The Morgan fingerprint density at radius 1 is 1.15 bits per heavy atom. The summed E-state index contributed by atoms with van der Waals surface area (Å²) in [6.45, 7) is 1.44. The fourth-order valence-corrected chi connectivity index (χ4v) is 1.76. The van der Waals surface area contributed by atoms with Crippen molar-refractivity contribution < 1.29 is 13.6 Å². The van der Waals surface area contributed by atoms with E-state index in [1.807, 2.05) is 0 Å². The van der Waals surface area contributed by atoms with Crippen LogP contribution in [0.1, 0.15) is 17.2 Å². The van der Waals surface area contributed by atoms with Gasteiger partial charge in [-0.05, 0) is 24.1 Å². The van der Waals surface area contributed by atoms with Crippen LogP contribution in [0.3, 0.4) is 0 Å². The smallest absolute Gasteiger partial charge is 0.245 e. The summed E-state index contributed by atoms with van der Waals surface area (Å²) in [7, 11) is 0. The van der Waals surface area contributed by atoms with Gasteiger partial charge < -0.3 is 11.1 Å². The van der Waals surface area contributed by atoms with Gasteiger partial charge in [0.15, 0.2) is 0 Å². The molecule has 1 atom stereocenters. The number of halogens is 2. The summed E-state index contributed by atoms with van der Waals surface area (Å²) >= 11 is 0. The zero-order chi connectivity index (χ0) is 14.7. The summed E-state index contributed by atoms with van der Waals surface area (Å²) in [4.78, 5) is 11.9. The van der Waals surface area contributed by atoms with E-state index in [4.69, 9.17) is 5.73 Å². The Morgan fingerprint density at radius 3 is 2.45 bits per heavy atom. The van der Waals surface area contributed by atoms with Crippen molar-refractivity contribution in [3.05, 3.63) is 65.2 Å². The predicted octanol–water partition coefficient (Wildman–Crippen LogP) is 2.91. The van der Waals surface area contributed by atoms with Crippen LogP contribution in [-0.4, -0.2) is 5.91 Å². The highest BCUT2D eigenvalue weighted by atomic mass is 19.1. The van der Waals surface area contributed by atoms with Crippen molar-refractivity contribution in [1.29, 1.82) is 0 Å². The maximum Gasteiger partial charge on any atom is 0.245 e. The lowest BCUT2D eigenvalue weighted by atomic mass is 10.1. The minimum atomic E-state index is -0.944. The third-order valence-corrected chi connectivity index (χ3v) is 2.95. The first-order valence-corrected chi connectivity index (χ1v) is 6.06. The molecule has 0 aliphatic rings. The van der Waals surface area contributed by atoms with Crippen molar-refractivity contribution in [1.82, 2.24) is 0 Å². The molecule has 0 fully saturated rings. The van der Waals surface area contributed by atoms with E-state index < -0.39 is 23.6 Å². The molecule has 104 valence electrons.